The van der Waals surface area contributed by atoms with E-state index in [9.17, 15) is 4.79 Å². The first-order valence-corrected chi connectivity index (χ1v) is 8.30. The lowest BCUT2D eigenvalue weighted by atomic mass is 10.00. The summed E-state index contributed by atoms with van der Waals surface area (Å²) in [6.45, 7) is 3.77. The van der Waals surface area contributed by atoms with Crippen molar-refractivity contribution in [3.05, 3.63) is 71.3 Å². The molecule has 0 saturated carbocycles. The second-order valence-electron chi connectivity index (χ2n) is 5.93. The van der Waals surface area contributed by atoms with E-state index in [1.54, 1.807) is 0 Å². The molecule has 24 heavy (non-hydrogen) atoms. The molecule has 2 N–H and O–H groups in total. The van der Waals surface area contributed by atoms with Gasteiger partial charge in [-0.2, -0.15) is 0 Å². The minimum absolute atomic E-state index is 0.302. The standard InChI is InChI=1S/C19H23N3O2/c23-19(21-24-15-16-6-2-1-3-7-16)20-11-13-22-12-10-17-8-4-5-9-18(17)14-22/h1-9H,10-15H2,(H2,20,21,23). The maximum atomic E-state index is 11.7. The number of rotatable bonds is 6. The van der Waals surface area contributed by atoms with E-state index in [1.807, 2.05) is 30.3 Å². The number of nitrogens with one attached hydrogen (secondary N) is 2. The van der Waals surface area contributed by atoms with Crippen molar-refractivity contribution in [2.45, 2.75) is 19.6 Å². The fraction of sp³-hybridized carbons (Fsp3) is 0.316. The van der Waals surface area contributed by atoms with Gasteiger partial charge in [0.1, 0.15) is 0 Å². The molecule has 0 radical (unpaired) electrons. The summed E-state index contributed by atoms with van der Waals surface area (Å²) in [5, 5.41) is 2.82. The zero-order valence-electron chi connectivity index (χ0n) is 13.7. The lowest BCUT2D eigenvalue weighted by Crippen LogP contribution is -2.41. The van der Waals surface area contributed by atoms with Crippen LogP contribution in [-0.2, 0) is 24.4 Å². The van der Waals surface area contributed by atoms with Gasteiger partial charge in [0.2, 0.25) is 0 Å². The van der Waals surface area contributed by atoms with Crippen molar-refractivity contribution in [2.75, 3.05) is 19.6 Å². The average molecular weight is 325 g/mol. The van der Waals surface area contributed by atoms with Crippen LogP contribution < -0.4 is 10.8 Å². The fourth-order valence-electron chi connectivity index (χ4n) is 2.87. The predicted molar refractivity (Wildman–Crippen MR) is 93.2 cm³/mol. The Morgan fingerprint density at radius 3 is 2.62 bits per heavy atom. The molecule has 1 heterocycles. The fourth-order valence-corrected chi connectivity index (χ4v) is 2.87. The van der Waals surface area contributed by atoms with Crippen LogP contribution in [-0.4, -0.2) is 30.6 Å². The number of hydrogen-bond donors (Lipinski definition) is 2. The molecule has 126 valence electrons. The van der Waals surface area contributed by atoms with E-state index in [1.165, 1.54) is 11.1 Å². The van der Waals surface area contributed by atoms with Gasteiger partial charge in [-0.3, -0.25) is 9.74 Å². The summed E-state index contributed by atoms with van der Waals surface area (Å²) in [6.07, 6.45) is 1.07. The first kappa shape index (κ1) is 16.5. The van der Waals surface area contributed by atoms with Crippen LogP contribution in [0.2, 0.25) is 0 Å². The summed E-state index contributed by atoms with van der Waals surface area (Å²) >= 11 is 0. The molecule has 0 aromatic heterocycles. The van der Waals surface area contributed by atoms with E-state index in [-0.39, 0.29) is 6.03 Å². The number of fused-ring (bicyclic) bond motifs is 1. The summed E-state index contributed by atoms with van der Waals surface area (Å²) in [4.78, 5) is 19.3. The smallest absolute Gasteiger partial charge is 0.335 e. The molecule has 0 spiro atoms. The van der Waals surface area contributed by atoms with E-state index in [2.05, 4.69) is 40.0 Å². The third-order valence-corrected chi connectivity index (χ3v) is 4.17. The van der Waals surface area contributed by atoms with Crippen LogP contribution in [0.15, 0.2) is 54.6 Å². The second kappa shape index (κ2) is 8.47. The lowest BCUT2D eigenvalue weighted by molar-refractivity contribution is 0.0489. The maximum absolute atomic E-state index is 11.7. The first-order chi connectivity index (χ1) is 11.8. The van der Waals surface area contributed by atoms with Crippen LogP contribution in [0, 0.1) is 0 Å². The van der Waals surface area contributed by atoms with Crippen molar-refractivity contribution < 1.29 is 9.63 Å². The molecule has 0 aliphatic carbocycles. The van der Waals surface area contributed by atoms with Gasteiger partial charge >= 0.3 is 6.03 Å². The van der Waals surface area contributed by atoms with Crippen LogP contribution in [0.3, 0.4) is 0 Å². The number of carbonyl (C=O) groups is 1. The van der Waals surface area contributed by atoms with Crippen molar-refractivity contribution in [3.63, 3.8) is 0 Å². The number of amides is 2. The Bertz CT molecular complexity index is 661. The number of urea groups is 1. The molecule has 0 bridgehead atoms. The molecule has 0 atom stereocenters. The van der Waals surface area contributed by atoms with Gasteiger partial charge in [-0.1, -0.05) is 54.6 Å². The summed E-state index contributed by atoms with van der Waals surface area (Å²) in [5.41, 5.74) is 6.26. The molecular weight excluding hydrogens is 302 g/mol. The van der Waals surface area contributed by atoms with E-state index in [4.69, 9.17) is 4.84 Å². The quantitative estimate of drug-likeness (QED) is 0.802. The lowest BCUT2D eigenvalue weighted by Gasteiger charge is -2.28. The summed E-state index contributed by atoms with van der Waals surface area (Å²) in [5.74, 6) is 0. The third-order valence-electron chi connectivity index (χ3n) is 4.17. The molecule has 0 saturated heterocycles. The van der Waals surface area contributed by atoms with E-state index >= 15 is 0 Å². The number of carbonyl (C=O) groups excluding carboxylic acids is 1. The summed E-state index contributed by atoms with van der Waals surface area (Å²) in [6, 6.07) is 18.0. The molecule has 0 unspecified atom stereocenters. The second-order valence-corrected chi connectivity index (χ2v) is 5.93. The zero-order chi connectivity index (χ0) is 16.6. The van der Waals surface area contributed by atoms with Crippen molar-refractivity contribution in [1.29, 1.82) is 0 Å². The topological polar surface area (TPSA) is 53.6 Å². The van der Waals surface area contributed by atoms with Gasteiger partial charge < -0.3 is 5.32 Å². The average Bonchev–Trinajstić information content (AvgIpc) is 2.62. The molecule has 5 heteroatoms. The van der Waals surface area contributed by atoms with E-state index < -0.39 is 0 Å². The van der Waals surface area contributed by atoms with Crippen molar-refractivity contribution >= 4 is 6.03 Å². The molecule has 2 aromatic carbocycles. The SMILES string of the molecule is O=C(NCCN1CCc2ccccc2C1)NOCc1ccccc1. The van der Waals surface area contributed by atoms with Crippen molar-refractivity contribution in [2.24, 2.45) is 0 Å². The number of nitrogens with zero attached hydrogens (tertiary/aromatic N) is 1. The molecule has 0 fully saturated rings. The minimum atomic E-state index is -0.302. The van der Waals surface area contributed by atoms with Gasteiger partial charge in [0, 0.05) is 26.2 Å². The Kier molecular flexibility index (Phi) is 5.82. The predicted octanol–water partition coefficient (Wildman–Crippen LogP) is 2.48. The molecule has 2 aromatic rings. The van der Waals surface area contributed by atoms with Crippen LogP contribution >= 0.6 is 0 Å². The van der Waals surface area contributed by atoms with Crippen LogP contribution in [0.4, 0.5) is 4.79 Å². The monoisotopic (exact) mass is 325 g/mol. The highest BCUT2D eigenvalue weighted by Gasteiger charge is 2.15. The van der Waals surface area contributed by atoms with Gasteiger partial charge in [-0.15, -0.1) is 0 Å². The van der Waals surface area contributed by atoms with E-state index in [0.717, 1.165) is 31.6 Å². The normalized spacial score (nSPS) is 14.0. The molecule has 1 aliphatic heterocycles. The molecule has 1 aliphatic rings. The van der Waals surface area contributed by atoms with Gasteiger partial charge in [0.05, 0.1) is 6.61 Å². The molecule has 3 rings (SSSR count). The van der Waals surface area contributed by atoms with Crippen molar-refractivity contribution in [3.8, 4) is 0 Å². The minimum Gasteiger partial charge on any atom is -0.335 e. The Balaban J connectivity index is 1.31. The highest BCUT2D eigenvalue weighted by atomic mass is 16.7. The zero-order valence-corrected chi connectivity index (χ0v) is 13.7. The molecule has 5 nitrogen and oxygen atoms in total. The Labute approximate surface area is 142 Å². The Hall–Kier alpha value is -2.37. The molecular formula is C19H23N3O2. The van der Waals surface area contributed by atoms with Gasteiger partial charge in [-0.25, -0.2) is 10.3 Å². The first-order valence-electron chi connectivity index (χ1n) is 8.30. The van der Waals surface area contributed by atoms with Gasteiger partial charge in [0.25, 0.3) is 0 Å². The Morgan fingerprint density at radius 2 is 1.79 bits per heavy atom. The van der Waals surface area contributed by atoms with E-state index in [0.29, 0.717) is 13.2 Å². The van der Waals surface area contributed by atoms with Gasteiger partial charge in [-0.05, 0) is 23.1 Å². The maximum Gasteiger partial charge on any atom is 0.338 e. The van der Waals surface area contributed by atoms with Crippen LogP contribution in [0.25, 0.3) is 0 Å². The largest absolute Gasteiger partial charge is 0.338 e. The summed E-state index contributed by atoms with van der Waals surface area (Å²) in [7, 11) is 0. The van der Waals surface area contributed by atoms with Crippen LogP contribution in [0.5, 0.6) is 0 Å². The number of hydrogen-bond acceptors (Lipinski definition) is 3. The highest BCUT2D eigenvalue weighted by molar-refractivity contribution is 5.72. The summed E-state index contributed by atoms with van der Waals surface area (Å²) < 4.78 is 0. The third kappa shape index (κ3) is 4.81. The van der Waals surface area contributed by atoms with Crippen molar-refractivity contribution in [1.82, 2.24) is 15.7 Å². The van der Waals surface area contributed by atoms with Crippen LogP contribution in [0.1, 0.15) is 16.7 Å². The van der Waals surface area contributed by atoms with Gasteiger partial charge in [0.15, 0.2) is 0 Å². The number of benzene rings is 2. The number of hydroxylamine groups is 1. The Morgan fingerprint density at radius 1 is 1.04 bits per heavy atom. The molecule has 2 amide bonds. The highest BCUT2D eigenvalue weighted by Crippen LogP contribution is 2.17.